The molecule has 0 radical (unpaired) electrons. The van der Waals surface area contributed by atoms with Crippen molar-refractivity contribution < 1.29 is 19.1 Å². The summed E-state index contributed by atoms with van der Waals surface area (Å²) in [6, 6.07) is 10.1. The normalized spacial score (nSPS) is 10.5. The predicted molar refractivity (Wildman–Crippen MR) is 100 cm³/mol. The number of carboxylic acids is 1. The fourth-order valence-electron chi connectivity index (χ4n) is 2.62. The third kappa shape index (κ3) is 4.04. The molecule has 0 saturated carbocycles. The quantitative estimate of drug-likeness (QED) is 0.504. The predicted octanol–water partition coefficient (Wildman–Crippen LogP) is 2.37. The van der Waals surface area contributed by atoms with E-state index in [2.05, 4.69) is 22.1 Å². The Hall–Kier alpha value is -4.01. The molecule has 0 saturated heterocycles. The highest BCUT2D eigenvalue weighted by Gasteiger charge is 2.13. The first kappa shape index (κ1) is 18.8. The van der Waals surface area contributed by atoms with E-state index in [0.717, 1.165) is 0 Å². The number of nitrogens with zero attached hydrogens (tertiary/aromatic N) is 1. The van der Waals surface area contributed by atoms with Crippen LogP contribution in [0.25, 0.3) is 10.8 Å². The van der Waals surface area contributed by atoms with E-state index in [4.69, 9.17) is 5.11 Å². The molecule has 0 fully saturated rings. The molecular formula is C19H15FN4O4. The molecule has 3 aromatic rings. The second kappa shape index (κ2) is 7.70. The third-order valence-corrected chi connectivity index (χ3v) is 3.95. The lowest BCUT2D eigenvalue weighted by molar-refractivity contribution is -0.132. The van der Waals surface area contributed by atoms with E-state index in [1.807, 2.05) is 5.32 Å². The summed E-state index contributed by atoms with van der Waals surface area (Å²) in [5.41, 5.74) is 0.214. The van der Waals surface area contributed by atoms with Gasteiger partial charge >= 0.3 is 12.0 Å². The minimum atomic E-state index is -1.40. The number of aliphatic carboxylic acids is 1. The topological polar surface area (TPSA) is 124 Å². The Balaban J connectivity index is 1.85. The number of H-pyrrole nitrogens is 1. The summed E-state index contributed by atoms with van der Waals surface area (Å²) in [5, 5.41) is 20.6. The van der Waals surface area contributed by atoms with Crippen molar-refractivity contribution in [3.05, 3.63) is 82.2 Å². The zero-order valence-corrected chi connectivity index (χ0v) is 14.5. The van der Waals surface area contributed by atoms with E-state index in [1.165, 1.54) is 18.2 Å². The molecule has 0 unspecified atom stereocenters. The highest BCUT2D eigenvalue weighted by Crippen LogP contribution is 2.21. The van der Waals surface area contributed by atoms with Gasteiger partial charge in [0.1, 0.15) is 11.5 Å². The molecule has 0 aliphatic rings. The number of aromatic amines is 1. The molecular weight excluding hydrogens is 367 g/mol. The number of rotatable bonds is 5. The summed E-state index contributed by atoms with van der Waals surface area (Å²) < 4.78 is 14.0. The van der Waals surface area contributed by atoms with Crippen LogP contribution in [0.1, 0.15) is 11.3 Å². The van der Waals surface area contributed by atoms with Crippen LogP contribution in [0.2, 0.25) is 0 Å². The number of amides is 2. The number of nitrogens with one attached hydrogen (secondary N) is 3. The molecule has 2 amide bonds. The van der Waals surface area contributed by atoms with Crippen LogP contribution in [-0.4, -0.2) is 27.3 Å². The van der Waals surface area contributed by atoms with E-state index in [9.17, 15) is 18.8 Å². The van der Waals surface area contributed by atoms with Gasteiger partial charge in [0.15, 0.2) is 0 Å². The first-order chi connectivity index (χ1) is 13.3. The van der Waals surface area contributed by atoms with E-state index in [-0.39, 0.29) is 17.7 Å². The largest absolute Gasteiger partial charge is 0.477 e. The Morgan fingerprint density at radius 3 is 2.61 bits per heavy atom. The number of halogens is 1. The van der Waals surface area contributed by atoms with Gasteiger partial charge in [0, 0.05) is 11.8 Å². The number of benzene rings is 2. The molecule has 0 atom stereocenters. The smallest absolute Gasteiger partial charge is 0.351 e. The lowest BCUT2D eigenvalue weighted by Gasteiger charge is -2.10. The molecule has 4 N–H and O–H groups in total. The minimum absolute atomic E-state index is 0.137. The Labute approximate surface area is 157 Å². The molecule has 0 aliphatic heterocycles. The van der Waals surface area contributed by atoms with Crippen molar-refractivity contribution in [1.29, 1.82) is 0 Å². The molecule has 0 bridgehead atoms. The zero-order valence-electron chi connectivity index (χ0n) is 14.5. The number of carboxylic acid groups (broad SMARTS) is 1. The Morgan fingerprint density at radius 1 is 1.18 bits per heavy atom. The lowest BCUT2D eigenvalue weighted by Crippen LogP contribution is -2.31. The van der Waals surface area contributed by atoms with Gasteiger partial charge in [0.25, 0.3) is 5.56 Å². The molecule has 8 nitrogen and oxygen atoms in total. The monoisotopic (exact) mass is 382 g/mol. The van der Waals surface area contributed by atoms with Crippen molar-refractivity contribution in [3.8, 4) is 0 Å². The van der Waals surface area contributed by atoms with Gasteiger partial charge in [-0.3, -0.25) is 4.79 Å². The maximum Gasteiger partial charge on any atom is 0.351 e. The van der Waals surface area contributed by atoms with Crippen molar-refractivity contribution >= 4 is 28.5 Å². The standard InChI is InChI=1S/C19H15FN4O4/c1-10(18(26)27)21-19(28)22-16-9-11(6-7-14(16)20)8-15-12-4-2-3-5-13(12)17(25)24-23-15/h2-7,9H,1,8H2,(H,24,25)(H,26,27)(H2,21,22,28). The minimum Gasteiger partial charge on any atom is -0.477 e. The summed E-state index contributed by atoms with van der Waals surface area (Å²) in [7, 11) is 0. The fourth-order valence-corrected chi connectivity index (χ4v) is 2.62. The molecule has 0 spiro atoms. The van der Waals surface area contributed by atoms with Crippen LogP contribution >= 0.6 is 0 Å². The second-order valence-corrected chi connectivity index (χ2v) is 5.90. The average molecular weight is 382 g/mol. The Bertz CT molecular complexity index is 1160. The molecule has 0 aliphatic carbocycles. The molecule has 2 aromatic carbocycles. The van der Waals surface area contributed by atoms with Crippen molar-refractivity contribution in [2.45, 2.75) is 6.42 Å². The summed E-state index contributed by atoms with van der Waals surface area (Å²) in [5.74, 6) is -2.10. The van der Waals surface area contributed by atoms with Crippen molar-refractivity contribution in [3.63, 3.8) is 0 Å². The highest BCUT2D eigenvalue weighted by atomic mass is 19.1. The van der Waals surface area contributed by atoms with E-state index < -0.39 is 23.5 Å². The van der Waals surface area contributed by atoms with E-state index in [1.54, 1.807) is 24.3 Å². The van der Waals surface area contributed by atoms with E-state index >= 15 is 0 Å². The number of hydrogen-bond acceptors (Lipinski definition) is 4. The SMILES string of the molecule is C=C(NC(=O)Nc1cc(Cc2n[nH]c(=O)c3ccccc23)ccc1F)C(=O)O. The number of fused-ring (bicyclic) bond motifs is 1. The first-order valence-electron chi connectivity index (χ1n) is 8.10. The third-order valence-electron chi connectivity index (χ3n) is 3.95. The van der Waals surface area contributed by atoms with Gasteiger partial charge in [-0.15, -0.1) is 0 Å². The van der Waals surface area contributed by atoms with Crippen LogP contribution in [0.4, 0.5) is 14.9 Å². The van der Waals surface area contributed by atoms with Crippen molar-refractivity contribution in [2.24, 2.45) is 0 Å². The fraction of sp³-hybridized carbons (Fsp3) is 0.0526. The maximum atomic E-state index is 14.0. The van der Waals surface area contributed by atoms with Crippen LogP contribution in [0.5, 0.6) is 0 Å². The van der Waals surface area contributed by atoms with Gasteiger partial charge in [-0.1, -0.05) is 30.8 Å². The average Bonchev–Trinajstić information content (AvgIpc) is 2.66. The van der Waals surface area contributed by atoms with Crippen molar-refractivity contribution in [2.75, 3.05) is 5.32 Å². The Kier molecular flexibility index (Phi) is 5.16. The number of carbonyl (C=O) groups excluding carboxylic acids is 1. The van der Waals surface area contributed by atoms with Gasteiger partial charge in [-0.2, -0.15) is 5.10 Å². The van der Waals surface area contributed by atoms with Crippen LogP contribution in [-0.2, 0) is 11.2 Å². The molecule has 9 heteroatoms. The maximum absolute atomic E-state index is 14.0. The van der Waals surface area contributed by atoms with Gasteiger partial charge in [0.2, 0.25) is 0 Å². The summed E-state index contributed by atoms with van der Waals surface area (Å²) in [6.07, 6.45) is 0.274. The van der Waals surface area contributed by atoms with Gasteiger partial charge < -0.3 is 15.7 Å². The Morgan fingerprint density at radius 2 is 1.89 bits per heavy atom. The number of hydrogen-bond donors (Lipinski definition) is 4. The van der Waals surface area contributed by atoms with Crippen LogP contribution in [0.15, 0.2) is 59.5 Å². The molecule has 1 heterocycles. The van der Waals surface area contributed by atoms with E-state index in [0.29, 0.717) is 22.0 Å². The highest BCUT2D eigenvalue weighted by molar-refractivity contribution is 5.97. The zero-order chi connectivity index (χ0) is 20.3. The van der Waals surface area contributed by atoms with Gasteiger partial charge in [-0.25, -0.2) is 19.1 Å². The number of carbonyl (C=O) groups is 2. The molecule has 142 valence electrons. The first-order valence-corrected chi connectivity index (χ1v) is 8.10. The van der Waals surface area contributed by atoms with Gasteiger partial charge in [0.05, 0.1) is 16.8 Å². The van der Waals surface area contributed by atoms with Crippen LogP contribution in [0.3, 0.4) is 0 Å². The number of aromatic nitrogens is 2. The van der Waals surface area contributed by atoms with Crippen LogP contribution < -0.4 is 16.2 Å². The molecule has 1 aromatic heterocycles. The van der Waals surface area contributed by atoms with Crippen LogP contribution in [0, 0.1) is 5.82 Å². The molecule has 28 heavy (non-hydrogen) atoms. The number of urea groups is 1. The van der Waals surface area contributed by atoms with Crippen molar-refractivity contribution in [1.82, 2.24) is 15.5 Å². The number of anilines is 1. The summed E-state index contributed by atoms with van der Waals surface area (Å²) >= 11 is 0. The lowest BCUT2D eigenvalue weighted by atomic mass is 10.0. The second-order valence-electron chi connectivity index (χ2n) is 5.90. The van der Waals surface area contributed by atoms with Gasteiger partial charge in [-0.05, 0) is 23.8 Å². The summed E-state index contributed by atoms with van der Waals surface area (Å²) in [6.45, 7) is 3.17. The summed E-state index contributed by atoms with van der Waals surface area (Å²) in [4.78, 5) is 34.4. The molecule has 3 rings (SSSR count).